The van der Waals surface area contributed by atoms with Gasteiger partial charge in [-0.3, -0.25) is 4.79 Å². The number of hydrogen-bond donors (Lipinski definition) is 1. The van der Waals surface area contributed by atoms with E-state index in [4.69, 9.17) is 4.74 Å². The number of ether oxygens (including phenoxy) is 1. The van der Waals surface area contributed by atoms with E-state index in [1.807, 2.05) is 6.08 Å². The van der Waals surface area contributed by atoms with E-state index < -0.39 is 0 Å². The molecule has 27 heavy (non-hydrogen) atoms. The molecule has 0 aromatic heterocycles. The van der Waals surface area contributed by atoms with Gasteiger partial charge in [0.05, 0.1) is 7.11 Å². The maximum atomic E-state index is 12.7. The molecule has 0 radical (unpaired) electrons. The van der Waals surface area contributed by atoms with Crippen LogP contribution in [0, 0.1) is 0 Å². The quantitative estimate of drug-likeness (QED) is 0.713. The van der Waals surface area contributed by atoms with Crippen LogP contribution in [0.5, 0.6) is 11.5 Å². The maximum absolute atomic E-state index is 12.7. The maximum Gasteiger partial charge on any atom is 0.189 e. The zero-order chi connectivity index (χ0) is 19.4. The predicted molar refractivity (Wildman–Crippen MR) is 110 cm³/mol. The van der Waals surface area contributed by atoms with E-state index in [9.17, 15) is 9.90 Å². The minimum Gasteiger partial charge on any atom is -0.504 e. The van der Waals surface area contributed by atoms with Crippen LogP contribution in [0.1, 0.15) is 48.2 Å². The molecule has 0 unspecified atom stereocenters. The van der Waals surface area contributed by atoms with Crippen LogP contribution in [0.2, 0.25) is 0 Å². The number of allylic oxidation sites excluding steroid dienone is 1. The number of phenols is 1. The third-order valence-electron chi connectivity index (χ3n) is 4.91. The minimum absolute atomic E-state index is 0.00198. The first kappa shape index (κ1) is 19.0. The number of nitrogens with zero attached hydrogens (tertiary/aromatic N) is 1. The number of hydrogen-bond acceptors (Lipinski definition) is 4. The molecule has 0 atom stereocenters. The van der Waals surface area contributed by atoms with Crippen LogP contribution >= 0.6 is 0 Å². The van der Waals surface area contributed by atoms with E-state index in [-0.39, 0.29) is 11.5 Å². The van der Waals surface area contributed by atoms with Gasteiger partial charge in [0.2, 0.25) is 0 Å². The molecule has 0 saturated carbocycles. The molecule has 4 heteroatoms. The molecule has 0 amide bonds. The number of anilines is 1. The summed E-state index contributed by atoms with van der Waals surface area (Å²) >= 11 is 0. The Morgan fingerprint density at radius 1 is 1.11 bits per heavy atom. The number of methoxy groups -OCH3 is 1. The number of rotatable bonds is 7. The number of aromatic hydroxyl groups is 1. The molecule has 2 aromatic rings. The van der Waals surface area contributed by atoms with Crippen molar-refractivity contribution in [1.82, 2.24) is 0 Å². The summed E-state index contributed by atoms with van der Waals surface area (Å²) < 4.78 is 5.15. The van der Waals surface area contributed by atoms with Gasteiger partial charge in [0.25, 0.3) is 0 Å². The van der Waals surface area contributed by atoms with Crippen LogP contribution in [0.4, 0.5) is 5.69 Å². The molecule has 1 aliphatic carbocycles. The van der Waals surface area contributed by atoms with Crippen molar-refractivity contribution < 1.29 is 14.6 Å². The molecule has 0 aliphatic heterocycles. The summed E-state index contributed by atoms with van der Waals surface area (Å²) in [6.45, 7) is 6.48. The van der Waals surface area contributed by atoms with Crippen LogP contribution < -0.4 is 9.64 Å². The van der Waals surface area contributed by atoms with Crippen molar-refractivity contribution in [2.45, 2.75) is 33.1 Å². The number of fused-ring (bicyclic) bond motifs is 1. The number of benzene rings is 2. The van der Waals surface area contributed by atoms with Crippen LogP contribution in [-0.4, -0.2) is 31.1 Å². The first-order valence-corrected chi connectivity index (χ1v) is 9.57. The molecule has 0 spiro atoms. The minimum atomic E-state index is -0.0226. The van der Waals surface area contributed by atoms with Crippen molar-refractivity contribution in [3.63, 3.8) is 0 Å². The number of Topliss-reactive ketones (excluding diaryl/α,β-unsaturated/α-hetero) is 1. The normalized spacial score (nSPS) is 14.5. The molecule has 1 aliphatic rings. The molecule has 1 N–H and O–H groups in total. The molecule has 4 nitrogen and oxygen atoms in total. The van der Waals surface area contributed by atoms with Gasteiger partial charge in [-0.2, -0.15) is 0 Å². The Morgan fingerprint density at radius 3 is 2.37 bits per heavy atom. The van der Waals surface area contributed by atoms with Crippen LogP contribution in [0.15, 0.2) is 42.0 Å². The smallest absolute Gasteiger partial charge is 0.189 e. The molecular formula is C23H27NO3. The highest BCUT2D eigenvalue weighted by Gasteiger charge is 2.26. The van der Waals surface area contributed by atoms with E-state index in [1.54, 1.807) is 6.07 Å². The van der Waals surface area contributed by atoms with Gasteiger partial charge < -0.3 is 14.7 Å². The zero-order valence-electron chi connectivity index (χ0n) is 16.3. The Kier molecular flexibility index (Phi) is 5.84. The topological polar surface area (TPSA) is 49.8 Å². The molecule has 0 fully saturated rings. The average molecular weight is 365 g/mol. The highest BCUT2D eigenvalue weighted by molar-refractivity contribution is 6.15. The zero-order valence-corrected chi connectivity index (χ0v) is 16.3. The van der Waals surface area contributed by atoms with Crippen molar-refractivity contribution in [1.29, 1.82) is 0 Å². The first-order valence-electron chi connectivity index (χ1n) is 9.57. The Hall–Kier alpha value is -2.75. The fourth-order valence-electron chi connectivity index (χ4n) is 3.60. The van der Waals surface area contributed by atoms with Crippen molar-refractivity contribution in [3.05, 3.63) is 58.7 Å². The van der Waals surface area contributed by atoms with Gasteiger partial charge in [-0.05, 0) is 54.3 Å². The van der Waals surface area contributed by atoms with Crippen molar-refractivity contribution in [3.8, 4) is 11.5 Å². The largest absolute Gasteiger partial charge is 0.504 e. The molecule has 0 heterocycles. The van der Waals surface area contributed by atoms with Crippen molar-refractivity contribution in [2.24, 2.45) is 0 Å². The summed E-state index contributed by atoms with van der Waals surface area (Å²) in [4.78, 5) is 15.1. The second-order valence-electron chi connectivity index (χ2n) is 6.94. The highest BCUT2D eigenvalue weighted by atomic mass is 16.5. The summed E-state index contributed by atoms with van der Waals surface area (Å²) in [5.41, 5.74) is 4.43. The molecule has 2 aromatic carbocycles. The van der Waals surface area contributed by atoms with Gasteiger partial charge >= 0.3 is 0 Å². The lowest BCUT2D eigenvalue weighted by Gasteiger charge is -2.23. The van der Waals surface area contributed by atoms with E-state index in [0.717, 1.165) is 42.6 Å². The van der Waals surface area contributed by atoms with Crippen LogP contribution in [-0.2, 0) is 6.42 Å². The number of ketones is 1. The SMILES string of the molecule is CCCN(CCC)c1ccc(/C=C2\Cc3cc(OC)c(O)cc3C2=O)cc1. The fraction of sp³-hybridized carbons (Fsp3) is 0.348. The number of carbonyl (C=O) groups is 1. The Labute approximate surface area is 161 Å². The summed E-state index contributed by atoms with van der Waals surface area (Å²) in [5.74, 6) is 0.381. The average Bonchev–Trinajstić information content (AvgIpc) is 2.96. The van der Waals surface area contributed by atoms with Gasteiger partial charge in [0, 0.05) is 36.3 Å². The standard InChI is InChI=1S/C23H27NO3/c1-4-10-24(11-5-2)19-8-6-16(7-9-19)12-18-13-17-14-22(27-3)21(25)15-20(17)23(18)26/h6-9,12,14-15,25H,4-5,10-11,13H2,1-3H3/b18-12+. The first-order chi connectivity index (χ1) is 13.1. The Bertz CT molecular complexity index is 847. The van der Waals surface area contributed by atoms with E-state index >= 15 is 0 Å². The third kappa shape index (κ3) is 4.00. The third-order valence-corrected chi connectivity index (χ3v) is 4.91. The fourth-order valence-corrected chi connectivity index (χ4v) is 3.60. The summed E-state index contributed by atoms with van der Waals surface area (Å²) in [6.07, 6.45) is 4.74. The van der Waals surface area contributed by atoms with Gasteiger partial charge in [0.15, 0.2) is 17.3 Å². The van der Waals surface area contributed by atoms with Gasteiger partial charge in [-0.1, -0.05) is 26.0 Å². The predicted octanol–water partition coefficient (Wildman–Crippen LogP) is 4.85. The van der Waals surface area contributed by atoms with E-state index in [2.05, 4.69) is 43.0 Å². The summed E-state index contributed by atoms with van der Waals surface area (Å²) in [6, 6.07) is 11.6. The number of phenolic OH excluding ortho intramolecular Hbond substituents is 1. The second-order valence-corrected chi connectivity index (χ2v) is 6.94. The van der Waals surface area contributed by atoms with Crippen LogP contribution in [0.3, 0.4) is 0 Å². The van der Waals surface area contributed by atoms with Crippen molar-refractivity contribution >= 4 is 17.5 Å². The summed E-state index contributed by atoms with van der Waals surface area (Å²) in [7, 11) is 1.51. The molecule has 0 saturated heterocycles. The monoisotopic (exact) mass is 365 g/mol. The lowest BCUT2D eigenvalue weighted by Crippen LogP contribution is -2.24. The summed E-state index contributed by atoms with van der Waals surface area (Å²) in [5, 5.41) is 9.94. The number of carbonyl (C=O) groups excluding carboxylic acids is 1. The lowest BCUT2D eigenvalue weighted by molar-refractivity contribution is 0.104. The molecule has 0 bridgehead atoms. The molecule has 3 rings (SSSR count). The van der Waals surface area contributed by atoms with Gasteiger partial charge in [-0.25, -0.2) is 0 Å². The van der Waals surface area contributed by atoms with Gasteiger partial charge in [0.1, 0.15) is 0 Å². The van der Waals surface area contributed by atoms with Gasteiger partial charge in [-0.15, -0.1) is 0 Å². The second kappa shape index (κ2) is 8.30. The van der Waals surface area contributed by atoms with Crippen LogP contribution in [0.25, 0.3) is 6.08 Å². The molecular weight excluding hydrogens is 338 g/mol. The Morgan fingerprint density at radius 2 is 1.78 bits per heavy atom. The highest BCUT2D eigenvalue weighted by Crippen LogP contribution is 2.36. The lowest BCUT2D eigenvalue weighted by atomic mass is 10.1. The van der Waals surface area contributed by atoms with E-state index in [1.165, 1.54) is 18.9 Å². The molecule has 142 valence electrons. The van der Waals surface area contributed by atoms with E-state index in [0.29, 0.717) is 17.7 Å². The van der Waals surface area contributed by atoms with Crippen molar-refractivity contribution in [2.75, 3.05) is 25.1 Å². The Balaban J connectivity index is 1.82.